The van der Waals surface area contributed by atoms with E-state index in [1.807, 2.05) is 37.4 Å². The Morgan fingerprint density at radius 3 is 2.34 bits per heavy atom. The summed E-state index contributed by atoms with van der Waals surface area (Å²) in [5.41, 5.74) is 4.51. The number of rotatable bonds is 8. The maximum atomic E-state index is 13.3. The van der Waals surface area contributed by atoms with Gasteiger partial charge >= 0.3 is 12.1 Å². The summed E-state index contributed by atoms with van der Waals surface area (Å²) in [4.78, 5) is 39.4. The average molecular weight is 497 g/mol. The number of carboxylic acids is 1. The molecule has 8 heteroatoms. The molecule has 3 atom stereocenters. The zero-order chi connectivity index (χ0) is 24.9. The summed E-state index contributed by atoms with van der Waals surface area (Å²) in [7, 11) is 0. The van der Waals surface area contributed by atoms with Gasteiger partial charge in [0.1, 0.15) is 18.7 Å². The number of alkyl carbamates (subject to hydrolysis) is 1. The van der Waals surface area contributed by atoms with Crippen molar-refractivity contribution in [1.82, 2.24) is 10.2 Å². The summed E-state index contributed by atoms with van der Waals surface area (Å²) in [6.45, 7) is 2.53. The number of hydrogen-bond acceptors (Lipinski definition) is 5. The maximum absolute atomic E-state index is 13.3. The first-order valence-corrected chi connectivity index (χ1v) is 13.4. The molecule has 1 heterocycles. The smallest absolute Gasteiger partial charge is 0.407 e. The Kier molecular flexibility index (Phi) is 8.00. The van der Waals surface area contributed by atoms with Gasteiger partial charge in [-0.3, -0.25) is 4.79 Å². The van der Waals surface area contributed by atoms with E-state index < -0.39 is 24.1 Å². The van der Waals surface area contributed by atoms with Crippen molar-refractivity contribution in [3.8, 4) is 11.1 Å². The Balaban J connectivity index is 1.44. The van der Waals surface area contributed by atoms with Gasteiger partial charge < -0.3 is 20.1 Å². The standard InChI is InChI=1S/C27H32N2O5S/c1-17-11-13-29(24(15-17)26(31)32)25(30)23(12-14-35-2)28-27(33)34-16-22-20-9-5-3-7-18(20)19-8-4-6-10-21(19)22/h3-10,17,22-24H,11-16H2,1-2H3,(H,28,33)(H,31,32)/t17?,23-,24?/m0/s1. The molecule has 1 saturated heterocycles. The van der Waals surface area contributed by atoms with E-state index in [1.54, 1.807) is 11.8 Å². The molecular formula is C27H32N2O5S. The minimum Gasteiger partial charge on any atom is -0.480 e. The highest BCUT2D eigenvalue weighted by Gasteiger charge is 2.38. The fourth-order valence-electron chi connectivity index (χ4n) is 5.12. The zero-order valence-electron chi connectivity index (χ0n) is 20.1. The molecule has 1 aliphatic carbocycles. The van der Waals surface area contributed by atoms with Crippen molar-refractivity contribution in [3.05, 3.63) is 59.7 Å². The van der Waals surface area contributed by atoms with Gasteiger partial charge in [0.25, 0.3) is 0 Å². The number of ether oxygens (including phenoxy) is 1. The highest BCUT2D eigenvalue weighted by molar-refractivity contribution is 7.98. The molecule has 2 aromatic rings. The van der Waals surface area contributed by atoms with Gasteiger partial charge in [-0.25, -0.2) is 9.59 Å². The molecule has 1 fully saturated rings. The summed E-state index contributed by atoms with van der Waals surface area (Å²) >= 11 is 1.57. The second-order valence-electron chi connectivity index (χ2n) is 9.32. The number of carboxylic acid groups (broad SMARTS) is 1. The van der Waals surface area contributed by atoms with Gasteiger partial charge in [0.15, 0.2) is 0 Å². The van der Waals surface area contributed by atoms with Gasteiger partial charge in [0.2, 0.25) is 5.91 Å². The Hall–Kier alpha value is -3.00. The lowest BCUT2D eigenvalue weighted by molar-refractivity contribution is -0.153. The number of carbonyl (C=O) groups is 3. The third-order valence-electron chi connectivity index (χ3n) is 6.98. The Labute approximate surface area is 210 Å². The molecule has 7 nitrogen and oxygen atoms in total. The predicted molar refractivity (Wildman–Crippen MR) is 137 cm³/mol. The lowest BCUT2D eigenvalue weighted by Crippen LogP contribution is -2.56. The van der Waals surface area contributed by atoms with Crippen LogP contribution < -0.4 is 5.32 Å². The first-order valence-electron chi connectivity index (χ1n) is 12.0. The summed E-state index contributed by atoms with van der Waals surface area (Å²) in [6, 6.07) is 14.5. The molecule has 2 aliphatic rings. The molecule has 0 saturated carbocycles. The van der Waals surface area contributed by atoms with Crippen LogP contribution in [-0.2, 0) is 14.3 Å². The van der Waals surface area contributed by atoms with Crippen LogP contribution in [0.25, 0.3) is 11.1 Å². The van der Waals surface area contributed by atoms with Gasteiger partial charge in [-0.15, -0.1) is 0 Å². The van der Waals surface area contributed by atoms with E-state index >= 15 is 0 Å². The second kappa shape index (κ2) is 11.2. The van der Waals surface area contributed by atoms with E-state index in [1.165, 1.54) is 4.90 Å². The molecule has 186 valence electrons. The number of piperidine rings is 1. The highest BCUT2D eigenvalue weighted by atomic mass is 32.2. The molecule has 2 aromatic carbocycles. The molecule has 0 radical (unpaired) electrons. The highest BCUT2D eigenvalue weighted by Crippen LogP contribution is 2.44. The average Bonchev–Trinajstić information content (AvgIpc) is 3.18. The predicted octanol–water partition coefficient (Wildman–Crippen LogP) is 4.36. The molecule has 1 aliphatic heterocycles. The van der Waals surface area contributed by atoms with Gasteiger partial charge in [0, 0.05) is 12.5 Å². The lowest BCUT2D eigenvalue weighted by atomic mass is 9.91. The van der Waals surface area contributed by atoms with Crippen molar-refractivity contribution < 1.29 is 24.2 Å². The van der Waals surface area contributed by atoms with Gasteiger partial charge in [-0.2, -0.15) is 11.8 Å². The molecule has 0 bridgehead atoms. The number of benzene rings is 2. The van der Waals surface area contributed by atoms with Crippen LogP contribution in [0.4, 0.5) is 4.79 Å². The van der Waals surface area contributed by atoms with Crippen LogP contribution in [0.5, 0.6) is 0 Å². The van der Waals surface area contributed by atoms with Crippen LogP contribution in [-0.4, -0.2) is 65.2 Å². The molecule has 2 N–H and O–H groups in total. The number of thioether (sulfide) groups is 1. The fraction of sp³-hybridized carbons (Fsp3) is 0.444. The largest absolute Gasteiger partial charge is 0.480 e. The number of nitrogens with zero attached hydrogens (tertiary/aromatic N) is 1. The van der Waals surface area contributed by atoms with E-state index in [0.717, 1.165) is 28.7 Å². The summed E-state index contributed by atoms with van der Waals surface area (Å²) in [5.74, 6) is -0.544. The Morgan fingerprint density at radius 1 is 1.11 bits per heavy atom. The minimum atomic E-state index is -1.00. The molecule has 4 rings (SSSR count). The second-order valence-corrected chi connectivity index (χ2v) is 10.3. The van der Waals surface area contributed by atoms with Crippen LogP contribution in [0.2, 0.25) is 0 Å². The van der Waals surface area contributed by atoms with Crippen molar-refractivity contribution in [2.75, 3.05) is 25.2 Å². The number of aliphatic carboxylic acids is 1. The fourth-order valence-corrected chi connectivity index (χ4v) is 5.59. The molecule has 0 spiro atoms. The van der Waals surface area contributed by atoms with Crippen molar-refractivity contribution in [3.63, 3.8) is 0 Å². The minimum absolute atomic E-state index is 0.0755. The van der Waals surface area contributed by atoms with Crippen LogP contribution in [0.1, 0.15) is 43.2 Å². The normalized spacial score (nSPS) is 20.0. The monoisotopic (exact) mass is 496 g/mol. The Morgan fingerprint density at radius 2 is 1.74 bits per heavy atom. The van der Waals surface area contributed by atoms with E-state index in [0.29, 0.717) is 25.1 Å². The summed E-state index contributed by atoms with van der Waals surface area (Å²) < 4.78 is 5.64. The number of likely N-dealkylation sites (tertiary alicyclic amines) is 1. The van der Waals surface area contributed by atoms with Crippen molar-refractivity contribution >= 4 is 29.7 Å². The molecule has 2 amide bonds. The SMILES string of the molecule is CSCC[C@H](NC(=O)OCC1c2ccccc2-c2ccccc21)C(=O)N1CCC(C)CC1C(=O)O. The number of nitrogens with one attached hydrogen (secondary N) is 1. The van der Waals surface area contributed by atoms with E-state index in [4.69, 9.17) is 4.74 Å². The summed E-state index contributed by atoms with van der Waals surface area (Å²) in [6.07, 6.45) is 2.83. The van der Waals surface area contributed by atoms with Gasteiger partial charge in [-0.1, -0.05) is 55.5 Å². The van der Waals surface area contributed by atoms with Crippen molar-refractivity contribution in [2.24, 2.45) is 5.92 Å². The first-order chi connectivity index (χ1) is 16.9. The third-order valence-corrected chi connectivity index (χ3v) is 7.62. The maximum Gasteiger partial charge on any atom is 0.407 e. The van der Waals surface area contributed by atoms with E-state index in [2.05, 4.69) is 29.6 Å². The van der Waals surface area contributed by atoms with Crippen LogP contribution >= 0.6 is 11.8 Å². The van der Waals surface area contributed by atoms with Crippen molar-refractivity contribution in [2.45, 2.75) is 44.2 Å². The van der Waals surface area contributed by atoms with Crippen LogP contribution in [0.15, 0.2) is 48.5 Å². The third kappa shape index (κ3) is 5.48. The van der Waals surface area contributed by atoms with Crippen LogP contribution in [0.3, 0.4) is 0 Å². The number of hydrogen-bond donors (Lipinski definition) is 2. The molecule has 2 unspecified atom stereocenters. The topological polar surface area (TPSA) is 95.9 Å². The summed E-state index contributed by atoms with van der Waals surface area (Å²) in [5, 5.41) is 12.4. The number of amides is 2. The van der Waals surface area contributed by atoms with Gasteiger partial charge in [0.05, 0.1) is 0 Å². The van der Waals surface area contributed by atoms with Gasteiger partial charge in [-0.05, 0) is 59.4 Å². The van der Waals surface area contributed by atoms with Crippen LogP contribution in [0, 0.1) is 5.92 Å². The van der Waals surface area contributed by atoms with Crippen molar-refractivity contribution in [1.29, 1.82) is 0 Å². The molecular weight excluding hydrogens is 464 g/mol. The van der Waals surface area contributed by atoms with E-state index in [9.17, 15) is 19.5 Å². The number of fused-ring (bicyclic) bond motifs is 3. The van der Waals surface area contributed by atoms with E-state index in [-0.39, 0.29) is 24.3 Å². The quantitative estimate of drug-likeness (QED) is 0.564. The number of carbonyl (C=O) groups excluding carboxylic acids is 2. The Bertz CT molecular complexity index is 1050. The molecule has 0 aromatic heterocycles. The lowest BCUT2D eigenvalue weighted by Gasteiger charge is -2.38. The first kappa shape index (κ1) is 25.1. The molecule has 35 heavy (non-hydrogen) atoms. The zero-order valence-corrected chi connectivity index (χ0v) is 20.9.